The van der Waals surface area contributed by atoms with Crippen LogP contribution >= 0.6 is 11.8 Å². The summed E-state index contributed by atoms with van der Waals surface area (Å²) in [6.07, 6.45) is 5.44. The van der Waals surface area contributed by atoms with E-state index >= 15 is 0 Å². The number of hydrogen-bond donors (Lipinski definition) is 0. The minimum absolute atomic E-state index is 0.302. The number of rotatable bonds is 9. The number of carbonyl (C=O) groups is 1. The van der Waals surface area contributed by atoms with Gasteiger partial charge in [0.05, 0.1) is 0 Å². The molecular weight excluding hydrogens is 252 g/mol. The molecule has 0 spiro atoms. The molecule has 0 aliphatic carbocycles. The first-order valence-corrected chi connectivity index (χ1v) is 8.45. The minimum Gasteiger partial charge on any atom is -0.294 e. The maximum atomic E-state index is 12.2. The van der Waals surface area contributed by atoms with Crippen molar-refractivity contribution in [1.29, 1.82) is 0 Å². The number of ketones is 1. The van der Waals surface area contributed by atoms with Crippen LogP contribution < -0.4 is 0 Å². The highest BCUT2D eigenvalue weighted by atomic mass is 32.2. The molecule has 0 aromatic heterocycles. The zero-order chi connectivity index (χ0) is 14.1. The summed E-state index contributed by atoms with van der Waals surface area (Å²) >= 11 is 1.81. The second kappa shape index (κ2) is 9.19. The number of Topliss-reactive ketones (excluding diaryl/α,β-unsaturated/α-hetero) is 1. The largest absolute Gasteiger partial charge is 0.294 e. The average Bonchev–Trinajstić information content (AvgIpc) is 2.44. The fourth-order valence-corrected chi connectivity index (χ4v) is 2.89. The first kappa shape index (κ1) is 16.3. The fourth-order valence-electron chi connectivity index (χ4n) is 2.23. The predicted molar refractivity (Wildman–Crippen MR) is 85.1 cm³/mol. The van der Waals surface area contributed by atoms with E-state index in [2.05, 4.69) is 32.9 Å². The summed E-state index contributed by atoms with van der Waals surface area (Å²) in [6, 6.07) is 8.09. The average molecular weight is 278 g/mol. The molecule has 1 nitrogen and oxygen atoms in total. The highest BCUT2D eigenvalue weighted by Crippen LogP contribution is 2.22. The van der Waals surface area contributed by atoms with E-state index in [4.69, 9.17) is 0 Å². The van der Waals surface area contributed by atoms with Crippen LogP contribution in [0.3, 0.4) is 0 Å². The summed E-state index contributed by atoms with van der Waals surface area (Å²) < 4.78 is 0. The molecule has 0 N–H and O–H groups in total. The van der Waals surface area contributed by atoms with Gasteiger partial charge in [-0.15, -0.1) is 11.8 Å². The van der Waals surface area contributed by atoms with Crippen molar-refractivity contribution in [3.63, 3.8) is 0 Å². The van der Waals surface area contributed by atoms with Gasteiger partial charge in [0.15, 0.2) is 5.78 Å². The Hall–Kier alpha value is -0.760. The lowest BCUT2D eigenvalue weighted by molar-refractivity contribution is 0.0957. The van der Waals surface area contributed by atoms with Gasteiger partial charge in [-0.05, 0) is 23.8 Å². The Morgan fingerprint density at radius 2 is 1.84 bits per heavy atom. The molecule has 0 bridgehead atoms. The fraction of sp³-hybridized carbons (Fsp3) is 0.588. The third-order valence-corrected chi connectivity index (χ3v) is 4.40. The second-order valence-electron chi connectivity index (χ2n) is 5.00. The quantitative estimate of drug-likeness (QED) is 0.433. The standard InChI is InChI=1S/C17H26OS/c1-4-7-8-14(5-2)13-17(18)15-9-11-16(12-10-15)19-6-3/h9-12,14H,4-8,13H2,1-3H3. The normalized spacial score (nSPS) is 12.4. The van der Waals surface area contributed by atoms with E-state index in [9.17, 15) is 4.79 Å². The smallest absolute Gasteiger partial charge is 0.163 e. The Labute approximate surface area is 122 Å². The van der Waals surface area contributed by atoms with Crippen molar-refractivity contribution < 1.29 is 4.79 Å². The Kier molecular flexibility index (Phi) is 7.88. The van der Waals surface area contributed by atoms with Crippen LogP contribution in [0.15, 0.2) is 29.2 Å². The highest BCUT2D eigenvalue weighted by Gasteiger charge is 2.13. The first-order valence-electron chi connectivity index (χ1n) is 7.47. The molecule has 1 aromatic rings. The number of thioether (sulfide) groups is 1. The Bertz CT molecular complexity index is 369. The summed E-state index contributed by atoms with van der Waals surface area (Å²) in [5, 5.41) is 0. The van der Waals surface area contributed by atoms with Crippen LogP contribution in [0.25, 0.3) is 0 Å². The lowest BCUT2D eigenvalue weighted by Crippen LogP contribution is -2.08. The Morgan fingerprint density at radius 3 is 2.37 bits per heavy atom. The van der Waals surface area contributed by atoms with Crippen molar-refractivity contribution in [3.05, 3.63) is 29.8 Å². The SMILES string of the molecule is CCCCC(CC)CC(=O)c1ccc(SCC)cc1. The van der Waals surface area contributed by atoms with Crippen molar-refractivity contribution >= 4 is 17.5 Å². The third kappa shape index (κ3) is 5.82. The van der Waals surface area contributed by atoms with Gasteiger partial charge in [-0.3, -0.25) is 4.79 Å². The second-order valence-corrected chi connectivity index (χ2v) is 6.34. The van der Waals surface area contributed by atoms with E-state index < -0.39 is 0 Å². The van der Waals surface area contributed by atoms with Gasteiger partial charge in [-0.2, -0.15) is 0 Å². The van der Waals surface area contributed by atoms with Crippen molar-refractivity contribution in [2.45, 2.75) is 57.8 Å². The summed E-state index contributed by atoms with van der Waals surface area (Å²) in [6.45, 7) is 6.54. The van der Waals surface area contributed by atoms with Gasteiger partial charge >= 0.3 is 0 Å². The van der Waals surface area contributed by atoms with Gasteiger partial charge in [0.2, 0.25) is 0 Å². The van der Waals surface area contributed by atoms with Crippen molar-refractivity contribution in [2.75, 3.05) is 5.75 Å². The van der Waals surface area contributed by atoms with Gasteiger partial charge in [-0.25, -0.2) is 0 Å². The van der Waals surface area contributed by atoms with E-state index in [1.807, 2.05) is 23.9 Å². The van der Waals surface area contributed by atoms with Crippen LogP contribution in [0.5, 0.6) is 0 Å². The minimum atomic E-state index is 0.302. The van der Waals surface area contributed by atoms with Crippen LogP contribution in [-0.4, -0.2) is 11.5 Å². The van der Waals surface area contributed by atoms with E-state index in [1.54, 1.807) is 0 Å². The maximum Gasteiger partial charge on any atom is 0.163 e. The molecule has 0 aliphatic heterocycles. The third-order valence-electron chi connectivity index (χ3n) is 3.50. The molecule has 0 fully saturated rings. The lowest BCUT2D eigenvalue weighted by Gasteiger charge is -2.13. The molecule has 0 saturated carbocycles. The monoisotopic (exact) mass is 278 g/mol. The summed E-state index contributed by atoms with van der Waals surface area (Å²) in [7, 11) is 0. The number of carbonyl (C=O) groups excluding carboxylic acids is 1. The molecule has 106 valence electrons. The van der Waals surface area contributed by atoms with E-state index in [1.165, 1.54) is 24.2 Å². The van der Waals surface area contributed by atoms with Gasteiger partial charge in [0.1, 0.15) is 0 Å². The molecule has 2 heteroatoms. The Morgan fingerprint density at radius 1 is 1.16 bits per heavy atom. The number of benzene rings is 1. The molecule has 0 saturated heterocycles. The zero-order valence-electron chi connectivity index (χ0n) is 12.4. The molecule has 1 aromatic carbocycles. The van der Waals surface area contributed by atoms with Crippen molar-refractivity contribution in [1.82, 2.24) is 0 Å². The van der Waals surface area contributed by atoms with Crippen molar-refractivity contribution in [2.24, 2.45) is 5.92 Å². The van der Waals surface area contributed by atoms with Gasteiger partial charge in [0, 0.05) is 16.9 Å². The summed E-state index contributed by atoms with van der Waals surface area (Å²) in [5.74, 6) is 1.93. The highest BCUT2D eigenvalue weighted by molar-refractivity contribution is 7.99. The molecule has 19 heavy (non-hydrogen) atoms. The Balaban J connectivity index is 2.56. The molecule has 1 rings (SSSR count). The van der Waals surface area contributed by atoms with Crippen LogP contribution in [0.4, 0.5) is 0 Å². The molecular formula is C17H26OS. The molecule has 0 amide bonds. The zero-order valence-corrected chi connectivity index (χ0v) is 13.3. The van der Waals surface area contributed by atoms with Gasteiger partial charge in [-0.1, -0.05) is 58.6 Å². The number of hydrogen-bond acceptors (Lipinski definition) is 2. The molecule has 1 atom stereocenters. The van der Waals surface area contributed by atoms with Crippen LogP contribution in [0, 0.1) is 5.92 Å². The van der Waals surface area contributed by atoms with Crippen molar-refractivity contribution in [3.8, 4) is 0 Å². The first-order chi connectivity index (χ1) is 9.21. The van der Waals surface area contributed by atoms with Crippen LogP contribution in [-0.2, 0) is 0 Å². The molecule has 0 radical (unpaired) electrons. The summed E-state index contributed by atoms with van der Waals surface area (Å²) in [5.41, 5.74) is 0.871. The van der Waals surface area contributed by atoms with Gasteiger partial charge < -0.3 is 0 Å². The van der Waals surface area contributed by atoms with Crippen LogP contribution in [0.2, 0.25) is 0 Å². The topological polar surface area (TPSA) is 17.1 Å². The maximum absolute atomic E-state index is 12.2. The molecule has 1 unspecified atom stereocenters. The molecule has 0 heterocycles. The lowest BCUT2D eigenvalue weighted by atomic mass is 9.91. The van der Waals surface area contributed by atoms with Crippen LogP contribution in [0.1, 0.15) is 63.2 Å². The summed E-state index contributed by atoms with van der Waals surface area (Å²) in [4.78, 5) is 13.5. The van der Waals surface area contributed by atoms with E-state index in [0.29, 0.717) is 18.1 Å². The number of unbranched alkanes of at least 4 members (excludes halogenated alkanes) is 1. The van der Waals surface area contributed by atoms with E-state index in [0.717, 1.165) is 17.7 Å². The molecule has 0 aliphatic rings. The van der Waals surface area contributed by atoms with Gasteiger partial charge in [0.25, 0.3) is 0 Å². The predicted octanol–water partition coefficient (Wildman–Crippen LogP) is 5.59. The van der Waals surface area contributed by atoms with E-state index in [-0.39, 0.29) is 0 Å².